The number of hydrogen-bond donors (Lipinski definition) is 2. The van der Waals surface area contributed by atoms with Crippen LogP contribution < -0.4 is 10.6 Å². The van der Waals surface area contributed by atoms with Crippen LogP contribution in [0.2, 0.25) is 0 Å². The molecule has 1 aromatic heterocycles. The minimum absolute atomic E-state index is 0.0229. The van der Waals surface area contributed by atoms with Crippen molar-refractivity contribution in [1.29, 1.82) is 0 Å². The number of rotatable bonds is 5. The third-order valence-corrected chi connectivity index (χ3v) is 6.98. The van der Waals surface area contributed by atoms with Gasteiger partial charge >= 0.3 is 0 Å². The van der Waals surface area contributed by atoms with E-state index in [-0.39, 0.29) is 12.2 Å². The second-order valence-corrected chi connectivity index (χ2v) is 8.94. The normalized spacial score (nSPS) is 31.9. The van der Waals surface area contributed by atoms with Gasteiger partial charge in [-0.1, -0.05) is 0 Å². The molecule has 0 bridgehead atoms. The van der Waals surface area contributed by atoms with E-state index in [2.05, 4.69) is 25.8 Å². The standard InChI is InChI=1S/C18H27N5OS/c24-16-9-15(12-1-2-12)20-18(21-16)23-7-5-22(6-8-23)10-14-11-25-17(19-14)13-3-4-13/h11-13,15,18,20H,1-10H2,(H,21,24). The predicted octanol–water partition coefficient (Wildman–Crippen LogP) is 1.31. The molecule has 2 unspecified atom stereocenters. The van der Waals surface area contributed by atoms with E-state index in [1.165, 1.54) is 36.4 Å². The fourth-order valence-electron chi connectivity index (χ4n) is 4.03. The Labute approximate surface area is 153 Å². The van der Waals surface area contributed by atoms with Gasteiger partial charge in [-0.25, -0.2) is 4.98 Å². The Kier molecular flexibility index (Phi) is 4.28. The van der Waals surface area contributed by atoms with Crippen LogP contribution in [0, 0.1) is 5.92 Å². The average molecular weight is 362 g/mol. The molecule has 2 saturated carbocycles. The van der Waals surface area contributed by atoms with Gasteiger partial charge in [-0.15, -0.1) is 11.3 Å². The Bertz CT molecular complexity index is 633. The number of amides is 1. The van der Waals surface area contributed by atoms with Crippen LogP contribution in [-0.4, -0.2) is 59.2 Å². The monoisotopic (exact) mass is 361 g/mol. The number of nitrogens with one attached hydrogen (secondary N) is 2. The van der Waals surface area contributed by atoms with Crippen LogP contribution in [0.1, 0.15) is 48.7 Å². The molecule has 4 aliphatic rings. The quantitative estimate of drug-likeness (QED) is 0.828. The molecule has 1 amide bonds. The van der Waals surface area contributed by atoms with Gasteiger partial charge in [0.25, 0.3) is 0 Å². The topological polar surface area (TPSA) is 60.5 Å². The molecule has 2 aliphatic heterocycles. The molecule has 3 heterocycles. The molecule has 6 nitrogen and oxygen atoms in total. The third kappa shape index (κ3) is 3.74. The third-order valence-electron chi connectivity index (χ3n) is 5.92. The summed E-state index contributed by atoms with van der Waals surface area (Å²) in [6.07, 6.45) is 5.88. The van der Waals surface area contributed by atoms with Gasteiger partial charge in [-0.05, 0) is 31.6 Å². The molecule has 1 aromatic rings. The largest absolute Gasteiger partial charge is 0.328 e. The summed E-state index contributed by atoms with van der Waals surface area (Å²) >= 11 is 1.84. The number of nitrogens with zero attached hydrogens (tertiary/aromatic N) is 3. The van der Waals surface area contributed by atoms with Crippen LogP contribution in [0.25, 0.3) is 0 Å². The first-order chi connectivity index (χ1) is 12.2. The van der Waals surface area contributed by atoms with E-state index in [9.17, 15) is 4.79 Å². The van der Waals surface area contributed by atoms with Gasteiger partial charge in [0.2, 0.25) is 5.91 Å². The number of carbonyl (C=O) groups is 1. The van der Waals surface area contributed by atoms with Crippen molar-refractivity contribution >= 4 is 17.2 Å². The van der Waals surface area contributed by atoms with Crippen LogP contribution in [0.3, 0.4) is 0 Å². The molecule has 0 spiro atoms. The SMILES string of the molecule is O=C1CC(C2CC2)NC(N2CCN(Cc3csc(C4CC4)n3)CC2)N1. The molecule has 136 valence electrons. The maximum Gasteiger partial charge on any atom is 0.223 e. The zero-order valence-electron chi connectivity index (χ0n) is 14.6. The second kappa shape index (κ2) is 6.61. The fourth-order valence-corrected chi connectivity index (χ4v) is 5.02. The highest BCUT2D eigenvalue weighted by Gasteiger charge is 2.39. The highest BCUT2D eigenvalue weighted by atomic mass is 32.1. The van der Waals surface area contributed by atoms with Crippen molar-refractivity contribution in [2.75, 3.05) is 26.2 Å². The van der Waals surface area contributed by atoms with Crippen LogP contribution in [0.4, 0.5) is 0 Å². The molecule has 25 heavy (non-hydrogen) atoms. The average Bonchev–Trinajstić information content (AvgIpc) is 3.53. The molecule has 4 fully saturated rings. The maximum absolute atomic E-state index is 12.0. The fraction of sp³-hybridized carbons (Fsp3) is 0.778. The minimum Gasteiger partial charge on any atom is -0.328 e. The molecular weight excluding hydrogens is 334 g/mol. The molecule has 2 aliphatic carbocycles. The Morgan fingerprint density at radius 1 is 1.16 bits per heavy atom. The lowest BCUT2D eigenvalue weighted by molar-refractivity contribution is -0.127. The van der Waals surface area contributed by atoms with Crippen LogP contribution in [0.5, 0.6) is 0 Å². The lowest BCUT2D eigenvalue weighted by Crippen LogP contribution is -2.66. The van der Waals surface area contributed by atoms with Gasteiger partial charge in [-0.2, -0.15) is 0 Å². The van der Waals surface area contributed by atoms with Gasteiger partial charge in [0.15, 0.2) is 0 Å². The van der Waals surface area contributed by atoms with Crippen LogP contribution in [0.15, 0.2) is 5.38 Å². The van der Waals surface area contributed by atoms with E-state index < -0.39 is 0 Å². The minimum atomic E-state index is 0.0229. The van der Waals surface area contributed by atoms with E-state index in [1.54, 1.807) is 0 Å². The summed E-state index contributed by atoms with van der Waals surface area (Å²) < 4.78 is 0. The summed E-state index contributed by atoms with van der Waals surface area (Å²) in [6.45, 7) is 5.03. The van der Waals surface area contributed by atoms with Gasteiger partial charge in [0.05, 0.1) is 10.7 Å². The number of piperazine rings is 1. The first-order valence-electron chi connectivity index (χ1n) is 9.71. The van der Waals surface area contributed by atoms with E-state index in [4.69, 9.17) is 4.98 Å². The zero-order chi connectivity index (χ0) is 16.8. The molecule has 5 rings (SSSR count). The lowest BCUT2D eigenvalue weighted by Gasteiger charge is -2.43. The summed E-state index contributed by atoms with van der Waals surface area (Å²) in [6, 6.07) is 0.382. The number of thiazole rings is 1. The predicted molar refractivity (Wildman–Crippen MR) is 97.1 cm³/mol. The summed E-state index contributed by atoms with van der Waals surface area (Å²) in [7, 11) is 0. The van der Waals surface area contributed by atoms with Crippen molar-refractivity contribution in [3.8, 4) is 0 Å². The van der Waals surface area contributed by atoms with Crippen molar-refractivity contribution in [3.63, 3.8) is 0 Å². The molecule has 0 radical (unpaired) electrons. The Balaban J connectivity index is 1.13. The summed E-state index contributed by atoms with van der Waals surface area (Å²) in [5.41, 5.74) is 1.23. The van der Waals surface area contributed by atoms with Crippen molar-refractivity contribution in [2.24, 2.45) is 5.92 Å². The van der Waals surface area contributed by atoms with E-state index in [1.807, 2.05) is 11.3 Å². The lowest BCUT2D eigenvalue weighted by atomic mass is 10.1. The first-order valence-corrected chi connectivity index (χ1v) is 10.6. The Morgan fingerprint density at radius 3 is 2.68 bits per heavy atom. The van der Waals surface area contributed by atoms with Gasteiger partial charge in [-0.3, -0.25) is 19.9 Å². The zero-order valence-corrected chi connectivity index (χ0v) is 15.4. The molecule has 2 saturated heterocycles. The molecule has 0 aromatic carbocycles. The first kappa shape index (κ1) is 16.2. The van der Waals surface area contributed by atoms with Crippen molar-refractivity contribution < 1.29 is 4.79 Å². The van der Waals surface area contributed by atoms with Crippen LogP contribution >= 0.6 is 11.3 Å². The molecular formula is C18H27N5OS. The van der Waals surface area contributed by atoms with Gasteiger partial charge in [0, 0.05) is 56.5 Å². The smallest absolute Gasteiger partial charge is 0.223 e. The highest BCUT2D eigenvalue weighted by Crippen LogP contribution is 2.41. The van der Waals surface area contributed by atoms with Crippen molar-refractivity contribution in [1.82, 2.24) is 25.4 Å². The van der Waals surface area contributed by atoms with Gasteiger partial charge < -0.3 is 5.32 Å². The number of hydrogen-bond acceptors (Lipinski definition) is 6. The summed E-state index contributed by atoms with van der Waals surface area (Å²) in [5, 5.41) is 10.4. The number of carbonyl (C=O) groups excluding carboxylic acids is 1. The summed E-state index contributed by atoms with van der Waals surface area (Å²) in [4.78, 5) is 21.7. The van der Waals surface area contributed by atoms with E-state index >= 15 is 0 Å². The second-order valence-electron chi connectivity index (χ2n) is 8.05. The molecule has 2 N–H and O–H groups in total. The maximum atomic E-state index is 12.0. The van der Waals surface area contributed by atoms with Crippen LogP contribution in [-0.2, 0) is 11.3 Å². The van der Waals surface area contributed by atoms with E-state index in [0.29, 0.717) is 12.5 Å². The molecule has 2 atom stereocenters. The Morgan fingerprint density at radius 2 is 1.96 bits per heavy atom. The number of aromatic nitrogens is 1. The van der Waals surface area contributed by atoms with Crippen molar-refractivity contribution in [2.45, 2.75) is 56.9 Å². The van der Waals surface area contributed by atoms with Gasteiger partial charge in [0.1, 0.15) is 6.29 Å². The Hall–Kier alpha value is -1.02. The molecule has 7 heteroatoms. The summed E-state index contributed by atoms with van der Waals surface area (Å²) in [5.74, 6) is 1.69. The van der Waals surface area contributed by atoms with Crippen molar-refractivity contribution in [3.05, 3.63) is 16.1 Å². The highest BCUT2D eigenvalue weighted by molar-refractivity contribution is 7.09. The van der Waals surface area contributed by atoms with E-state index in [0.717, 1.165) is 44.6 Å².